The van der Waals surface area contributed by atoms with Crippen LogP contribution in [0.2, 0.25) is 0 Å². The van der Waals surface area contributed by atoms with Gasteiger partial charge in [-0.15, -0.1) is 0 Å². The molecule has 15 heavy (non-hydrogen) atoms. The maximum Gasteiger partial charge on any atom is 0.348 e. The number of carbonyl (C=O) groups excluding carboxylic acids is 2. The van der Waals surface area contributed by atoms with Gasteiger partial charge in [0.15, 0.2) is 0 Å². The van der Waals surface area contributed by atoms with Crippen molar-refractivity contribution >= 4 is 11.9 Å². The van der Waals surface area contributed by atoms with Crippen molar-refractivity contribution in [2.24, 2.45) is 0 Å². The Morgan fingerprint density at radius 2 is 1.33 bits per heavy atom. The van der Waals surface area contributed by atoms with Gasteiger partial charge in [-0.05, 0) is 13.8 Å². The number of carbonyl (C=O) groups is 2. The van der Waals surface area contributed by atoms with Crippen LogP contribution >= 0.6 is 0 Å². The van der Waals surface area contributed by atoms with E-state index >= 15 is 0 Å². The second-order valence-corrected chi connectivity index (χ2v) is 3.55. The normalized spacial score (nSPS) is 18.4. The van der Waals surface area contributed by atoms with Gasteiger partial charge in [0.1, 0.15) is 5.57 Å². The molecule has 0 bridgehead atoms. The van der Waals surface area contributed by atoms with Crippen LogP contribution in [-0.2, 0) is 19.1 Å². The summed E-state index contributed by atoms with van der Waals surface area (Å²) < 4.78 is 9.76. The smallest absolute Gasteiger partial charge is 0.348 e. The zero-order valence-corrected chi connectivity index (χ0v) is 10.1. The molecule has 1 aliphatic rings. The van der Waals surface area contributed by atoms with E-state index < -0.39 is 17.7 Å². The van der Waals surface area contributed by atoms with Gasteiger partial charge >= 0.3 is 11.9 Å². The minimum Gasteiger partial charge on any atom is -0.419 e. The van der Waals surface area contributed by atoms with Gasteiger partial charge in [-0.1, -0.05) is 19.4 Å². The van der Waals surface area contributed by atoms with Crippen molar-refractivity contribution in [3.63, 3.8) is 0 Å². The van der Waals surface area contributed by atoms with Crippen molar-refractivity contribution in [1.82, 2.24) is 0 Å². The quantitative estimate of drug-likeness (QED) is 0.352. The lowest BCUT2D eigenvalue weighted by molar-refractivity contribution is -0.222. The Labute approximate surface area is 90.2 Å². The van der Waals surface area contributed by atoms with Crippen LogP contribution in [-0.4, -0.2) is 17.7 Å². The minimum atomic E-state index is -1.15. The summed E-state index contributed by atoms with van der Waals surface area (Å²) in [5.74, 6) is -2.37. The highest BCUT2D eigenvalue weighted by Crippen LogP contribution is 2.24. The fourth-order valence-corrected chi connectivity index (χ4v) is 1.06. The average molecular weight is 214 g/mol. The van der Waals surface area contributed by atoms with E-state index in [1.165, 1.54) is 13.8 Å². The van der Waals surface area contributed by atoms with Crippen LogP contribution in [0.5, 0.6) is 0 Å². The Hall–Kier alpha value is -1.32. The van der Waals surface area contributed by atoms with Gasteiger partial charge in [0.05, 0.1) is 0 Å². The van der Waals surface area contributed by atoms with Gasteiger partial charge in [0.2, 0.25) is 0 Å². The summed E-state index contributed by atoms with van der Waals surface area (Å²) in [6, 6.07) is 0. The molecule has 1 heterocycles. The van der Waals surface area contributed by atoms with Crippen molar-refractivity contribution < 1.29 is 19.1 Å². The molecule has 1 saturated heterocycles. The standard InChI is InChI=1S/C9H12O4.C2H6/c1-5(2)6-7(10)12-9(3,4)13-8(6)11;1-2/h1-4H3;1-2H3. The lowest BCUT2D eigenvalue weighted by Crippen LogP contribution is -2.42. The molecule has 0 N–H and O–H groups in total. The van der Waals surface area contributed by atoms with Gasteiger partial charge < -0.3 is 9.47 Å². The SMILES string of the molecule is CC.CC(C)=C1C(=O)OC(C)(C)OC1=O. The first-order valence-corrected chi connectivity index (χ1v) is 4.97. The summed E-state index contributed by atoms with van der Waals surface area (Å²) in [5, 5.41) is 0. The Bertz CT molecular complexity index is 274. The highest BCUT2D eigenvalue weighted by Gasteiger charge is 2.39. The highest BCUT2D eigenvalue weighted by atomic mass is 16.7. The number of allylic oxidation sites excluding steroid dienone is 1. The van der Waals surface area contributed by atoms with Crippen molar-refractivity contribution in [3.05, 3.63) is 11.1 Å². The fraction of sp³-hybridized carbons (Fsp3) is 0.636. The summed E-state index contributed by atoms with van der Waals surface area (Å²) in [7, 11) is 0. The van der Waals surface area contributed by atoms with Gasteiger partial charge in [-0.2, -0.15) is 0 Å². The Morgan fingerprint density at radius 1 is 1.00 bits per heavy atom. The number of rotatable bonds is 0. The van der Waals surface area contributed by atoms with Crippen LogP contribution in [0, 0.1) is 0 Å². The van der Waals surface area contributed by atoms with E-state index in [1.807, 2.05) is 13.8 Å². The molecule has 0 amide bonds. The molecule has 0 aliphatic carbocycles. The molecule has 1 rings (SSSR count). The van der Waals surface area contributed by atoms with Crippen molar-refractivity contribution in [2.45, 2.75) is 47.3 Å². The first kappa shape index (κ1) is 13.7. The number of hydrogen-bond donors (Lipinski definition) is 0. The number of esters is 2. The van der Waals surface area contributed by atoms with E-state index in [0.29, 0.717) is 5.57 Å². The number of cyclic esters (lactones) is 2. The van der Waals surface area contributed by atoms with Crippen LogP contribution in [0.15, 0.2) is 11.1 Å². The van der Waals surface area contributed by atoms with Crippen molar-refractivity contribution in [1.29, 1.82) is 0 Å². The molecule has 1 aliphatic heterocycles. The Kier molecular flexibility index (Phi) is 4.52. The molecule has 0 atom stereocenters. The molecule has 0 aromatic heterocycles. The largest absolute Gasteiger partial charge is 0.419 e. The summed E-state index contributed by atoms with van der Waals surface area (Å²) in [5.41, 5.74) is 0.602. The molecule has 0 aromatic carbocycles. The van der Waals surface area contributed by atoms with E-state index in [2.05, 4.69) is 0 Å². The molecular formula is C11H18O4. The third-order valence-corrected chi connectivity index (χ3v) is 1.59. The van der Waals surface area contributed by atoms with E-state index in [-0.39, 0.29) is 5.57 Å². The Morgan fingerprint density at radius 3 is 1.60 bits per heavy atom. The number of hydrogen-bond acceptors (Lipinski definition) is 4. The highest BCUT2D eigenvalue weighted by molar-refractivity contribution is 6.15. The van der Waals surface area contributed by atoms with Crippen LogP contribution in [0.25, 0.3) is 0 Å². The third-order valence-electron chi connectivity index (χ3n) is 1.59. The van der Waals surface area contributed by atoms with E-state index in [4.69, 9.17) is 9.47 Å². The van der Waals surface area contributed by atoms with Crippen LogP contribution < -0.4 is 0 Å². The topological polar surface area (TPSA) is 52.6 Å². The van der Waals surface area contributed by atoms with Gasteiger partial charge in [-0.3, -0.25) is 0 Å². The van der Waals surface area contributed by atoms with Crippen molar-refractivity contribution in [3.8, 4) is 0 Å². The van der Waals surface area contributed by atoms with E-state index in [9.17, 15) is 9.59 Å². The molecule has 0 radical (unpaired) electrons. The summed E-state index contributed by atoms with van der Waals surface area (Å²) in [4.78, 5) is 22.6. The first-order chi connectivity index (χ1) is 6.83. The van der Waals surface area contributed by atoms with Crippen LogP contribution in [0.3, 0.4) is 0 Å². The maximum absolute atomic E-state index is 11.3. The lowest BCUT2D eigenvalue weighted by Gasteiger charge is -2.30. The van der Waals surface area contributed by atoms with Crippen molar-refractivity contribution in [2.75, 3.05) is 0 Å². The van der Waals surface area contributed by atoms with Gasteiger partial charge in [-0.25, -0.2) is 9.59 Å². The zero-order chi connectivity index (χ0) is 12.2. The minimum absolute atomic E-state index is 0.000625. The Balaban J connectivity index is 0.000000921. The molecular weight excluding hydrogens is 196 g/mol. The van der Waals surface area contributed by atoms with Gasteiger partial charge in [0.25, 0.3) is 5.79 Å². The second-order valence-electron chi connectivity index (χ2n) is 3.55. The summed E-state index contributed by atoms with van der Waals surface area (Å²) in [6.45, 7) is 10.4. The average Bonchev–Trinajstić information content (AvgIpc) is 2.02. The van der Waals surface area contributed by atoms with E-state index in [1.54, 1.807) is 13.8 Å². The monoisotopic (exact) mass is 214 g/mol. The molecule has 0 aromatic rings. The van der Waals surface area contributed by atoms with E-state index in [0.717, 1.165) is 0 Å². The fourth-order valence-electron chi connectivity index (χ4n) is 1.06. The number of ether oxygens (including phenoxy) is 2. The molecule has 0 unspecified atom stereocenters. The predicted molar refractivity (Wildman–Crippen MR) is 56.0 cm³/mol. The second kappa shape index (κ2) is 4.96. The summed E-state index contributed by atoms with van der Waals surface area (Å²) in [6.07, 6.45) is 0. The maximum atomic E-state index is 11.3. The van der Waals surface area contributed by atoms with Crippen LogP contribution in [0.1, 0.15) is 41.5 Å². The molecule has 86 valence electrons. The van der Waals surface area contributed by atoms with Crippen LogP contribution in [0.4, 0.5) is 0 Å². The third kappa shape index (κ3) is 3.38. The lowest BCUT2D eigenvalue weighted by atomic mass is 10.1. The van der Waals surface area contributed by atoms with Gasteiger partial charge in [0, 0.05) is 13.8 Å². The molecule has 4 heteroatoms. The first-order valence-electron chi connectivity index (χ1n) is 4.97. The predicted octanol–water partition coefficient (Wildman–Crippen LogP) is 2.19. The molecule has 1 fully saturated rings. The molecule has 4 nitrogen and oxygen atoms in total. The molecule has 0 saturated carbocycles. The summed E-state index contributed by atoms with van der Waals surface area (Å²) >= 11 is 0. The molecule has 0 spiro atoms. The zero-order valence-electron chi connectivity index (χ0n) is 10.1.